The number of rotatable bonds is 4. The molecule has 2 aliphatic rings. The van der Waals surface area contributed by atoms with Crippen LogP contribution in [0.25, 0.3) is 0 Å². The summed E-state index contributed by atoms with van der Waals surface area (Å²) in [6.07, 6.45) is 4.82. The molecule has 2 saturated carbocycles. The summed E-state index contributed by atoms with van der Waals surface area (Å²) in [5.74, 6) is 0.892. The minimum Gasteiger partial charge on any atom is -0.393 e. The molecular weight excluding hydrogens is 210 g/mol. The van der Waals surface area contributed by atoms with Crippen molar-refractivity contribution in [2.45, 2.75) is 78.5 Å². The number of hydrogen-bond acceptors (Lipinski definition) is 2. The normalized spacial score (nSPS) is 42.7. The van der Waals surface area contributed by atoms with Gasteiger partial charge in [-0.3, -0.25) is 0 Å². The van der Waals surface area contributed by atoms with Crippen LogP contribution in [0.5, 0.6) is 0 Å². The van der Waals surface area contributed by atoms with Crippen LogP contribution in [0.4, 0.5) is 0 Å². The third-order valence-corrected chi connectivity index (χ3v) is 5.42. The summed E-state index contributed by atoms with van der Waals surface area (Å²) in [4.78, 5) is 0. The molecule has 2 aliphatic carbocycles. The molecule has 0 heterocycles. The van der Waals surface area contributed by atoms with E-state index in [0.29, 0.717) is 22.9 Å². The van der Waals surface area contributed by atoms with E-state index < -0.39 is 0 Å². The average molecular weight is 239 g/mol. The fourth-order valence-corrected chi connectivity index (χ4v) is 4.58. The van der Waals surface area contributed by atoms with Crippen molar-refractivity contribution < 1.29 is 5.11 Å². The Balaban J connectivity index is 2.05. The van der Waals surface area contributed by atoms with Gasteiger partial charge in [-0.1, -0.05) is 20.8 Å². The Morgan fingerprint density at radius 1 is 1.29 bits per heavy atom. The summed E-state index contributed by atoms with van der Waals surface area (Å²) < 4.78 is 0. The zero-order valence-electron chi connectivity index (χ0n) is 12.1. The highest BCUT2D eigenvalue weighted by molar-refractivity contribution is 5.12. The fourth-order valence-electron chi connectivity index (χ4n) is 4.58. The molecule has 0 saturated heterocycles. The van der Waals surface area contributed by atoms with Crippen molar-refractivity contribution in [1.82, 2.24) is 5.32 Å². The first kappa shape index (κ1) is 13.4. The van der Waals surface area contributed by atoms with Crippen molar-refractivity contribution in [3.05, 3.63) is 0 Å². The van der Waals surface area contributed by atoms with Crippen molar-refractivity contribution in [3.8, 4) is 0 Å². The molecule has 0 radical (unpaired) electrons. The van der Waals surface area contributed by atoms with Crippen molar-refractivity contribution >= 4 is 0 Å². The van der Waals surface area contributed by atoms with E-state index >= 15 is 0 Å². The van der Waals surface area contributed by atoms with E-state index in [1.165, 1.54) is 19.3 Å². The molecule has 17 heavy (non-hydrogen) atoms. The van der Waals surface area contributed by atoms with Gasteiger partial charge in [-0.15, -0.1) is 0 Å². The molecule has 0 aliphatic heterocycles. The Labute approximate surface area is 106 Å². The van der Waals surface area contributed by atoms with Crippen LogP contribution < -0.4 is 5.32 Å². The molecule has 2 heteroatoms. The molecule has 2 nitrogen and oxygen atoms in total. The summed E-state index contributed by atoms with van der Waals surface area (Å²) in [5, 5.41) is 13.3. The van der Waals surface area contributed by atoms with Crippen LogP contribution in [-0.2, 0) is 0 Å². The minimum absolute atomic E-state index is 0.202. The third kappa shape index (κ3) is 2.26. The molecule has 5 atom stereocenters. The van der Waals surface area contributed by atoms with E-state index in [0.717, 1.165) is 12.3 Å². The Morgan fingerprint density at radius 3 is 2.41 bits per heavy atom. The van der Waals surface area contributed by atoms with Crippen LogP contribution in [0.2, 0.25) is 0 Å². The van der Waals surface area contributed by atoms with Gasteiger partial charge in [0.1, 0.15) is 0 Å². The molecule has 0 aromatic carbocycles. The van der Waals surface area contributed by atoms with E-state index in [1.54, 1.807) is 0 Å². The number of hydrogen-bond donors (Lipinski definition) is 2. The third-order valence-electron chi connectivity index (χ3n) is 5.42. The second-order valence-corrected chi connectivity index (χ2v) is 7.50. The predicted octanol–water partition coefficient (Wildman–Crippen LogP) is 2.95. The average Bonchev–Trinajstić information content (AvgIpc) is 2.63. The highest BCUT2D eigenvalue weighted by Gasteiger charge is 2.59. The van der Waals surface area contributed by atoms with Crippen molar-refractivity contribution in [1.29, 1.82) is 0 Å². The SMILES string of the molecule is CC(O)CC(C)NC1C(C)(C)[C@H]2CC[C@]1(C)C2. The van der Waals surface area contributed by atoms with Gasteiger partial charge in [0.05, 0.1) is 6.10 Å². The van der Waals surface area contributed by atoms with E-state index in [4.69, 9.17) is 0 Å². The lowest BCUT2D eigenvalue weighted by molar-refractivity contribution is 0.0887. The van der Waals surface area contributed by atoms with E-state index in [2.05, 4.69) is 33.0 Å². The maximum atomic E-state index is 9.48. The molecule has 2 N–H and O–H groups in total. The van der Waals surface area contributed by atoms with Crippen LogP contribution >= 0.6 is 0 Å². The summed E-state index contributed by atoms with van der Waals surface area (Å²) in [5.41, 5.74) is 0.904. The molecule has 2 rings (SSSR count). The van der Waals surface area contributed by atoms with Crippen LogP contribution in [-0.4, -0.2) is 23.3 Å². The Morgan fingerprint density at radius 2 is 1.94 bits per heavy atom. The number of aliphatic hydroxyl groups excluding tert-OH is 1. The van der Waals surface area contributed by atoms with Gasteiger partial charge >= 0.3 is 0 Å². The standard InChI is InChI=1S/C15H29NO/c1-10(8-11(2)17)16-13-14(3,4)12-6-7-15(13,5)9-12/h10-13,16-17H,6-9H2,1-5H3/t10?,11?,12-,13?,15+/m0/s1. The predicted molar refractivity (Wildman–Crippen MR) is 71.9 cm³/mol. The second kappa shape index (κ2) is 4.24. The Kier molecular flexibility index (Phi) is 3.33. The zero-order chi connectivity index (χ0) is 12.8. The maximum Gasteiger partial charge on any atom is 0.0526 e. The first-order valence-electron chi connectivity index (χ1n) is 7.20. The topological polar surface area (TPSA) is 32.3 Å². The fraction of sp³-hybridized carbons (Fsp3) is 1.00. The van der Waals surface area contributed by atoms with Crippen LogP contribution in [0.15, 0.2) is 0 Å². The van der Waals surface area contributed by atoms with Crippen molar-refractivity contribution in [2.75, 3.05) is 0 Å². The molecule has 0 aromatic heterocycles. The van der Waals surface area contributed by atoms with Crippen LogP contribution in [0.1, 0.15) is 60.3 Å². The Bertz CT molecular complexity index is 282. The summed E-state index contributed by atoms with van der Waals surface area (Å²) in [6, 6.07) is 1.03. The van der Waals surface area contributed by atoms with Gasteiger partial charge < -0.3 is 10.4 Å². The Hall–Kier alpha value is -0.0800. The summed E-state index contributed by atoms with van der Waals surface area (Å²) >= 11 is 0. The molecule has 0 amide bonds. The van der Waals surface area contributed by atoms with Gasteiger partial charge in [0, 0.05) is 12.1 Å². The van der Waals surface area contributed by atoms with E-state index in [1.807, 2.05) is 6.92 Å². The van der Waals surface area contributed by atoms with Gasteiger partial charge in [-0.2, -0.15) is 0 Å². The summed E-state index contributed by atoms with van der Waals surface area (Å²) in [7, 11) is 0. The van der Waals surface area contributed by atoms with Crippen LogP contribution in [0.3, 0.4) is 0 Å². The molecule has 2 fully saturated rings. The lowest BCUT2D eigenvalue weighted by Gasteiger charge is -2.44. The van der Waals surface area contributed by atoms with Gasteiger partial charge in [-0.05, 0) is 56.3 Å². The van der Waals surface area contributed by atoms with Gasteiger partial charge in [0.2, 0.25) is 0 Å². The largest absolute Gasteiger partial charge is 0.393 e. The van der Waals surface area contributed by atoms with E-state index in [-0.39, 0.29) is 6.10 Å². The second-order valence-electron chi connectivity index (χ2n) is 7.50. The first-order chi connectivity index (χ1) is 7.75. The lowest BCUT2D eigenvalue weighted by Crippen LogP contribution is -2.53. The monoisotopic (exact) mass is 239 g/mol. The quantitative estimate of drug-likeness (QED) is 0.790. The van der Waals surface area contributed by atoms with Gasteiger partial charge in [-0.25, -0.2) is 0 Å². The molecule has 2 bridgehead atoms. The zero-order valence-corrected chi connectivity index (χ0v) is 12.1. The highest BCUT2D eigenvalue weighted by atomic mass is 16.3. The van der Waals surface area contributed by atoms with Gasteiger partial charge in [0.15, 0.2) is 0 Å². The molecule has 0 spiro atoms. The van der Waals surface area contributed by atoms with Crippen molar-refractivity contribution in [2.24, 2.45) is 16.7 Å². The first-order valence-corrected chi connectivity index (χ1v) is 7.20. The minimum atomic E-state index is -0.202. The number of aliphatic hydroxyl groups is 1. The van der Waals surface area contributed by atoms with Crippen molar-refractivity contribution in [3.63, 3.8) is 0 Å². The lowest BCUT2D eigenvalue weighted by atomic mass is 9.68. The molecule has 0 aromatic rings. The molecular formula is C15H29NO. The summed E-state index contributed by atoms with van der Waals surface area (Å²) in [6.45, 7) is 11.4. The highest BCUT2D eigenvalue weighted by Crippen LogP contribution is 2.62. The number of nitrogens with one attached hydrogen (secondary N) is 1. The number of fused-ring (bicyclic) bond motifs is 2. The van der Waals surface area contributed by atoms with Crippen LogP contribution in [0, 0.1) is 16.7 Å². The molecule has 3 unspecified atom stereocenters. The molecule has 100 valence electrons. The maximum absolute atomic E-state index is 9.48. The smallest absolute Gasteiger partial charge is 0.0526 e. The van der Waals surface area contributed by atoms with E-state index in [9.17, 15) is 5.11 Å². The van der Waals surface area contributed by atoms with Gasteiger partial charge in [0.25, 0.3) is 0 Å².